The van der Waals surface area contributed by atoms with Crippen LogP contribution in [0.25, 0.3) is 34.1 Å². The van der Waals surface area contributed by atoms with Gasteiger partial charge in [-0.05, 0) is 54.6 Å². The number of fused-ring (bicyclic) bond motifs is 1. The van der Waals surface area contributed by atoms with Crippen molar-refractivity contribution in [3.05, 3.63) is 88.8 Å². The average Bonchev–Trinajstić information content (AvgIpc) is 3.39. The maximum Gasteiger partial charge on any atom is 0.187 e. The van der Waals surface area contributed by atoms with Gasteiger partial charge in [0, 0.05) is 22.5 Å². The highest BCUT2D eigenvalue weighted by atomic mass is 35.5. The Balaban J connectivity index is 1.79. The Kier molecular flexibility index (Phi) is 4.47. The summed E-state index contributed by atoms with van der Waals surface area (Å²) in [4.78, 5) is 4.80. The first-order chi connectivity index (χ1) is 14.7. The van der Waals surface area contributed by atoms with Gasteiger partial charge in [-0.25, -0.2) is 4.98 Å². The molecule has 0 aliphatic carbocycles. The molecule has 0 spiro atoms. The lowest BCUT2D eigenvalue weighted by molar-refractivity contribution is 1.04. The number of aromatic nitrogens is 5. The molecule has 6 nitrogen and oxygen atoms in total. The summed E-state index contributed by atoms with van der Waals surface area (Å²) in [7, 11) is 0. The van der Waals surface area contributed by atoms with Crippen molar-refractivity contribution in [2.45, 2.75) is 0 Å². The second-order valence-corrected chi connectivity index (χ2v) is 7.39. The average molecular weight is 431 g/mol. The maximum absolute atomic E-state index is 9.08. The summed E-state index contributed by atoms with van der Waals surface area (Å²) in [6.45, 7) is 0. The van der Waals surface area contributed by atoms with Gasteiger partial charge in [-0.2, -0.15) is 5.26 Å². The van der Waals surface area contributed by atoms with Crippen molar-refractivity contribution in [2.75, 3.05) is 0 Å². The molecule has 0 amide bonds. The predicted octanol–water partition coefficient (Wildman–Crippen LogP) is 5.43. The molecule has 3 aromatic heterocycles. The largest absolute Gasteiger partial charge is 0.296 e. The number of rotatable bonds is 3. The first-order valence-corrected chi connectivity index (χ1v) is 9.75. The van der Waals surface area contributed by atoms with Crippen molar-refractivity contribution < 1.29 is 0 Å². The summed E-state index contributed by atoms with van der Waals surface area (Å²) in [5.41, 5.74) is 4.23. The molecule has 144 valence electrons. The van der Waals surface area contributed by atoms with Crippen LogP contribution in [0.3, 0.4) is 0 Å². The van der Waals surface area contributed by atoms with Crippen molar-refractivity contribution in [3.8, 4) is 34.5 Å². The lowest BCUT2D eigenvalue weighted by atomic mass is 10.1. The third-order valence-electron chi connectivity index (χ3n) is 4.75. The standard InChI is InChI=1S/C22H12Cl2N6/c23-15-6-9-18(24)17(11-15)20-21(29-10-2-1-3-19(29)27-20)22-28-26-13-30(22)16-7-4-14(12-25)5-8-16/h1-11,13H. The van der Waals surface area contributed by atoms with Gasteiger partial charge in [0.1, 0.15) is 23.4 Å². The Morgan fingerprint density at radius 1 is 0.967 bits per heavy atom. The van der Waals surface area contributed by atoms with Crippen LogP contribution in [-0.2, 0) is 0 Å². The van der Waals surface area contributed by atoms with Crippen LogP contribution < -0.4 is 0 Å². The SMILES string of the molecule is N#Cc1ccc(-n2cnnc2-c2c(-c3cc(Cl)ccc3Cl)nc3ccccn23)cc1. The molecule has 5 rings (SSSR count). The van der Waals surface area contributed by atoms with E-state index in [1.807, 2.05) is 45.5 Å². The molecule has 2 aromatic carbocycles. The minimum atomic E-state index is 0.536. The van der Waals surface area contributed by atoms with Crippen LogP contribution in [0.4, 0.5) is 0 Å². The monoisotopic (exact) mass is 430 g/mol. The van der Waals surface area contributed by atoms with Crippen molar-refractivity contribution in [1.82, 2.24) is 24.1 Å². The van der Waals surface area contributed by atoms with Gasteiger partial charge in [-0.3, -0.25) is 8.97 Å². The van der Waals surface area contributed by atoms with E-state index in [9.17, 15) is 0 Å². The molecule has 5 aromatic rings. The summed E-state index contributed by atoms with van der Waals surface area (Å²) in [6, 6.07) is 20.4. The van der Waals surface area contributed by atoms with Crippen LogP contribution in [0.2, 0.25) is 10.0 Å². The summed E-state index contributed by atoms with van der Waals surface area (Å²) in [5.74, 6) is 0.587. The van der Waals surface area contributed by atoms with Crippen LogP contribution in [0.1, 0.15) is 5.56 Å². The third-order valence-corrected chi connectivity index (χ3v) is 5.31. The molecule has 0 fully saturated rings. The van der Waals surface area contributed by atoms with Gasteiger partial charge in [-0.15, -0.1) is 10.2 Å². The van der Waals surface area contributed by atoms with Crippen LogP contribution >= 0.6 is 23.2 Å². The Morgan fingerprint density at radius 3 is 2.60 bits per heavy atom. The Morgan fingerprint density at radius 2 is 1.80 bits per heavy atom. The van der Waals surface area contributed by atoms with E-state index in [4.69, 9.17) is 33.4 Å². The fourth-order valence-corrected chi connectivity index (χ4v) is 3.74. The molecular formula is C22H12Cl2N6. The number of nitriles is 1. The van der Waals surface area contributed by atoms with Crippen molar-refractivity contribution in [1.29, 1.82) is 5.26 Å². The van der Waals surface area contributed by atoms with Gasteiger partial charge in [-0.1, -0.05) is 29.3 Å². The number of benzene rings is 2. The summed E-state index contributed by atoms with van der Waals surface area (Å²) >= 11 is 12.7. The second kappa shape index (κ2) is 7.30. The Hall–Kier alpha value is -3.66. The fraction of sp³-hybridized carbons (Fsp3) is 0. The molecule has 0 aliphatic heterocycles. The van der Waals surface area contributed by atoms with E-state index in [-0.39, 0.29) is 0 Å². The lowest BCUT2D eigenvalue weighted by Crippen LogP contribution is -2.00. The van der Waals surface area contributed by atoms with Gasteiger partial charge in [0.15, 0.2) is 5.82 Å². The molecular weight excluding hydrogens is 419 g/mol. The summed E-state index contributed by atoms with van der Waals surface area (Å²) in [5, 5.41) is 18.7. The molecule has 0 unspecified atom stereocenters. The first-order valence-electron chi connectivity index (χ1n) is 8.99. The minimum Gasteiger partial charge on any atom is -0.296 e. The molecule has 0 aliphatic rings. The van der Waals surface area contributed by atoms with E-state index in [0.29, 0.717) is 32.7 Å². The number of pyridine rings is 1. The number of hydrogen-bond acceptors (Lipinski definition) is 4. The normalized spacial score (nSPS) is 11.0. The van der Waals surface area contributed by atoms with Crippen LogP contribution in [0, 0.1) is 11.3 Å². The summed E-state index contributed by atoms with van der Waals surface area (Å²) < 4.78 is 3.79. The maximum atomic E-state index is 9.08. The zero-order chi connectivity index (χ0) is 20.7. The number of hydrogen-bond donors (Lipinski definition) is 0. The van der Waals surface area contributed by atoms with Crippen LogP contribution in [0.15, 0.2) is 73.2 Å². The van der Waals surface area contributed by atoms with Gasteiger partial charge in [0.2, 0.25) is 0 Å². The second-order valence-electron chi connectivity index (χ2n) is 6.55. The van der Waals surface area contributed by atoms with Crippen molar-refractivity contribution in [3.63, 3.8) is 0 Å². The van der Waals surface area contributed by atoms with Gasteiger partial charge in [0.25, 0.3) is 0 Å². The van der Waals surface area contributed by atoms with Gasteiger partial charge in [0.05, 0.1) is 16.7 Å². The fourth-order valence-electron chi connectivity index (χ4n) is 3.36. The minimum absolute atomic E-state index is 0.536. The number of imidazole rings is 1. The molecule has 0 saturated carbocycles. The zero-order valence-corrected chi connectivity index (χ0v) is 16.9. The van der Waals surface area contributed by atoms with Crippen molar-refractivity contribution in [2.24, 2.45) is 0 Å². The molecule has 8 heteroatoms. The topological polar surface area (TPSA) is 71.8 Å². The molecule has 0 saturated heterocycles. The van der Waals surface area contributed by atoms with Gasteiger partial charge >= 0.3 is 0 Å². The van der Waals surface area contributed by atoms with E-state index < -0.39 is 0 Å². The quantitative estimate of drug-likeness (QED) is 0.382. The van der Waals surface area contributed by atoms with Crippen molar-refractivity contribution >= 4 is 28.8 Å². The zero-order valence-electron chi connectivity index (χ0n) is 15.4. The molecule has 3 heterocycles. The highest BCUT2D eigenvalue weighted by Crippen LogP contribution is 2.37. The van der Waals surface area contributed by atoms with E-state index in [1.54, 1.807) is 36.7 Å². The highest BCUT2D eigenvalue weighted by molar-refractivity contribution is 6.35. The predicted molar refractivity (Wildman–Crippen MR) is 116 cm³/mol. The lowest BCUT2D eigenvalue weighted by Gasteiger charge is -2.09. The Labute approximate surface area is 181 Å². The van der Waals surface area contributed by atoms with Crippen LogP contribution in [-0.4, -0.2) is 24.1 Å². The van der Waals surface area contributed by atoms with E-state index in [0.717, 1.165) is 17.0 Å². The molecule has 30 heavy (non-hydrogen) atoms. The molecule has 0 atom stereocenters. The van der Waals surface area contributed by atoms with Crippen LogP contribution in [0.5, 0.6) is 0 Å². The number of halogens is 2. The molecule has 0 radical (unpaired) electrons. The van der Waals surface area contributed by atoms with E-state index >= 15 is 0 Å². The Bertz CT molecular complexity index is 1430. The van der Waals surface area contributed by atoms with E-state index in [2.05, 4.69) is 16.3 Å². The molecule has 0 N–H and O–H groups in total. The summed E-state index contributed by atoms with van der Waals surface area (Å²) in [6.07, 6.45) is 3.54. The van der Waals surface area contributed by atoms with E-state index in [1.165, 1.54) is 0 Å². The third kappa shape index (κ3) is 3.01. The number of nitrogens with zero attached hydrogens (tertiary/aromatic N) is 6. The first kappa shape index (κ1) is 18.4. The highest BCUT2D eigenvalue weighted by Gasteiger charge is 2.22. The smallest absolute Gasteiger partial charge is 0.187 e. The molecule has 0 bridgehead atoms. The van der Waals surface area contributed by atoms with Gasteiger partial charge < -0.3 is 0 Å².